The summed E-state index contributed by atoms with van der Waals surface area (Å²) in [6.45, 7) is 3.61. The van der Waals surface area contributed by atoms with Gasteiger partial charge in [-0.25, -0.2) is 13.1 Å². The lowest BCUT2D eigenvalue weighted by Crippen LogP contribution is -2.32. The van der Waals surface area contributed by atoms with E-state index in [2.05, 4.69) is 15.0 Å². The van der Waals surface area contributed by atoms with E-state index in [0.717, 1.165) is 18.7 Å². The van der Waals surface area contributed by atoms with E-state index in [1.54, 1.807) is 18.3 Å². The molecule has 1 aromatic rings. The molecule has 96 valence electrons. The summed E-state index contributed by atoms with van der Waals surface area (Å²) in [5, 5.41) is 3.05. The molecule has 0 aliphatic heterocycles. The van der Waals surface area contributed by atoms with Crippen LogP contribution < -0.4 is 10.0 Å². The first kappa shape index (κ1) is 14.1. The van der Waals surface area contributed by atoms with Crippen LogP contribution in [0.4, 0.5) is 0 Å². The first-order valence-electron chi connectivity index (χ1n) is 5.72. The Bertz CT molecular complexity index is 406. The molecular formula is C11H19N3O2S. The second-order valence-corrected chi connectivity index (χ2v) is 5.64. The number of aromatic nitrogens is 1. The van der Waals surface area contributed by atoms with Gasteiger partial charge < -0.3 is 5.32 Å². The van der Waals surface area contributed by atoms with Crippen molar-refractivity contribution < 1.29 is 8.42 Å². The van der Waals surface area contributed by atoms with E-state index in [-0.39, 0.29) is 12.3 Å². The highest BCUT2D eigenvalue weighted by Crippen LogP contribution is 1.94. The maximum Gasteiger partial charge on any atom is 0.213 e. The van der Waals surface area contributed by atoms with Crippen LogP contribution in [0.5, 0.6) is 0 Å². The fraction of sp³-hybridized carbons (Fsp3) is 0.545. The molecule has 1 rings (SSSR count). The van der Waals surface area contributed by atoms with Gasteiger partial charge in [-0.15, -0.1) is 0 Å². The maximum absolute atomic E-state index is 11.6. The van der Waals surface area contributed by atoms with Gasteiger partial charge in [0, 0.05) is 12.7 Å². The topological polar surface area (TPSA) is 71.1 Å². The number of nitrogens with one attached hydrogen (secondary N) is 2. The van der Waals surface area contributed by atoms with Crippen molar-refractivity contribution in [1.82, 2.24) is 15.0 Å². The molecule has 1 aromatic heterocycles. The summed E-state index contributed by atoms with van der Waals surface area (Å²) in [7, 11) is -3.21. The predicted octanol–water partition coefficient (Wildman–Crippen LogP) is 0.501. The normalized spacial score (nSPS) is 11.6. The van der Waals surface area contributed by atoms with E-state index in [1.807, 2.05) is 13.0 Å². The van der Waals surface area contributed by atoms with Crippen LogP contribution in [-0.4, -0.2) is 32.2 Å². The third kappa shape index (κ3) is 6.35. The second-order valence-electron chi connectivity index (χ2n) is 3.71. The summed E-state index contributed by atoms with van der Waals surface area (Å²) in [4.78, 5) is 4.05. The number of pyridine rings is 1. The minimum atomic E-state index is -3.21. The quantitative estimate of drug-likeness (QED) is 0.665. The first-order chi connectivity index (χ1) is 8.14. The van der Waals surface area contributed by atoms with E-state index < -0.39 is 10.0 Å². The lowest BCUT2D eigenvalue weighted by Gasteiger charge is -2.06. The molecule has 5 nitrogen and oxygen atoms in total. The minimum Gasteiger partial charge on any atom is -0.316 e. The van der Waals surface area contributed by atoms with Crippen molar-refractivity contribution in [1.29, 1.82) is 0 Å². The van der Waals surface area contributed by atoms with E-state index >= 15 is 0 Å². The molecule has 1 heterocycles. The Morgan fingerprint density at radius 2 is 2.12 bits per heavy atom. The lowest BCUT2D eigenvalue weighted by molar-refractivity contribution is 0.575. The largest absolute Gasteiger partial charge is 0.316 e. The van der Waals surface area contributed by atoms with Crippen molar-refractivity contribution in [3.63, 3.8) is 0 Å². The first-order valence-corrected chi connectivity index (χ1v) is 7.37. The minimum absolute atomic E-state index is 0.0971. The molecule has 0 fully saturated rings. The van der Waals surface area contributed by atoms with Crippen molar-refractivity contribution in [2.75, 3.05) is 18.8 Å². The fourth-order valence-corrected chi connectivity index (χ4v) is 2.19. The van der Waals surface area contributed by atoms with Gasteiger partial charge in [0.1, 0.15) is 0 Å². The lowest BCUT2D eigenvalue weighted by atomic mass is 10.4. The monoisotopic (exact) mass is 257 g/mol. The van der Waals surface area contributed by atoms with Gasteiger partial charge in [-0.1, -0.05) is 13.0 Å². The highest BCUT2D eigenvalue weighted by molar-refractivity contribution is 7.89. The van der Waals surface area contributed by atoms with Crippen LogP contribution in [0, 0.1) is 0 Å². The molecule has 0 aromatic carbocycles. The van der Waals surface area contributed by atoms with Gasteiger partial charge in [-0.05, 0) is 25.1 Å². The average molecular weight is 257 g/mol. The molecule has 0 amide bonds. The highest BCUT2D eigenvalue weighted by Gasteiger charge is 2.09. The van der Waals surface area contributed by atoms with Crippen molar-refractivity contribution in [2.45, 2.75) is 19.9 Å². The number of hydrogen-bond donors (Lipinski definition) is 2. The molecule has 6 heteroatoms. The molecule has 0 aliphatic carbocycles. The predicted molar refractivity (Wildman–Crippen MR) is 68.0 cm³/mol. The van der Waals surface area contributed by atoms with Crippen molar-refractivity contribution >= 4 is 10.0 Å². The van der Waals surface area contributed by atoms with Crippen LogP contribution in [0.3, 0.4) is 0 Å². The van der Waals surface area contributed by atoms with E-state index in [1.165, 1.54) is 0 Å². The van der Waals surface area contributed by atoms with Crippen molar-refractivity contribution in [2.24, 2.45) is 0 Å². The Morgan fingerprint density at radius 1 is 1.29 bits per heavy atom. The average Bonchev–Trinajstić information content (AvgIpc) is 2.34. The molecule has 0 aliphatic rings. The van der Waals surface area contributed by atoms with Gasteiger partial charge in [-0.3, -0.25) is 4.98 Å². The van der Waals surface area contributed by atoms with Crippen LogP contribution in [-0.2, 0) is 16.6 Å². The van der Waals surface area contributed by atoms with Gasteiger partial charge in [0.2, 0.25) is 10.0 Å². The van der Waals surface area contributed by atoms with Gasteiger partial charge in [-0.2, -0.15) is 0 Å². The summed E-state index contributed by atoms with van der Waals surface area (Å²) in [5.41, 5.74) is 0.720. The number of nitrogens with zero attached hydrogens (tertiary/aromatic N) is 1. The molecule has 0 bridgehead atoms. The Morgan fingerprint density at radius 3 is 2.76 bits per heavy atom. The van der Waals surface area contributed by atoms with E-state index in [9.17, 15) is 8.42 Å². The van der Waals surface area contributed by atoms with Gasteiger partial charge in [0.25, 0.3) is 0 Å². The van der Waals surface area contributed by atoms with Crippen LogP contribution in [0.2, 0.25) is 0 Å². The third-order valence-electron chi connectivity index (χ3n) is 2.17. The Balaban J connectivity index is 2.30. The van der Waals surface area contributed by atoms with Crippen LogP contribution in [0.25, 0.3) is 0 Å². The molecule has 0 atom stereocenters. The van der Waals surface area contributed by atoms with Crippen LogP contribution in [0.1, 0.15) is 19.0 Å². The number of sulfonamides is 1. The van der Waals surface area contributed by atoms with Crippen LogP contribution in [0.15, 0.2) is 24.4 Å². The van der Waals surface area contributed by atoms with Gasteiger partial charge >= 0.3 is 0 Å². The summed E-state index contributed by atoms with van der Waals surface area (Å²) < 4.78 is 25.7. The standard InChI is InChI=1S/C11H19N3O2S/c1-2-6-12-8-9-17(15,16)14-10-11-5-3-4-7-13-11/h3-5,7,12,14H,2,6,8-10H2,1H3. The Hall–Kier alpha value is -0.980. The summed E-state index contributed by atoms with van der Waals surface area (Å²) in [6, 6.07) is 5.42. The molecule has 2 N–H and O–H groups in total. The van der Waals surface area contributed by atoms with Crippen molar-refractivity contribution in [3.8, 4) is 0 Å². The Kier molecular flexibility index (Phi) is 6.10. The van der Waals surface area contributed by atoms with Gasteiger partial charge in [0.05, 0.1) is 18.0 Å². The molecule has 0 saturated carbocycles. The summed E-state index contributed by atoms with van der Waals surface area (Å²) in [6.07, 6.45) is 2.65. The van der Waals surface area contributed by atoms with E-state index in [0.29, 0.717) is 6.54 Å². The molecule has 0 spiro atoms. The zero-order valence-electron chi connectivity index (χ0n) is 10.0. The molecule has 17 heavy (non-hydrogen) atoms. The number of rotatable bonds is 8. The van der Waals surface area contributed by atoms with Crippen LogP contribution >= 0.6 is 0 Å². The second kappa shape index (κ2) is 7.37. The molecule has 0 unspecified atom stereocenters. The maximum atomic E-state index is 11.6. The van der Waals surface area contributed by atoms with Gasteiger partial charge in [0.15, 0.2) is 0 Å². The zero-order valence-corrected chi connectivity index (χ0v) is 10.8. The SMILES string of the molecule is CCCNCCS(=O)(=O)NCc1ccccn1. The summed E-state index contributed by atoms with van der Waals surface area (Å²) >= 11 is 0. The number of hydrogen-bond acceptors (Lipinski definition) is 4. The Labute approximate surface area is 103 Å². The summed E-state index contributed by atoms with van der Waals surface area (Å²) in [5.74, 6) is 0.0971. The zero-order chi connectivity index (χ0) is 12.6. The highest BCUT2D eigenvalue weighted by atomic mass is 32.2. The smallest absolute Gasteiger partial charge is 0.213 e. The molecule has 0 saturated heterocycles. The molecule has 0 radical (unpaired) electrons. The van der Waals surface area contributed by atoms with E-state index in [4.69, 9.17) is 0 Å². The third-order valence-corrected chi connectivity index (χ3v) is 3.50. The van der Waals surface area contributed by atoms with Crippen molar-refractivity contribution in [3.05, 3.63) is 30.1 Å². The molecular weight excluding hydrogens is 238 g/mol. The fourth-order valence-electron chi connectivity index (χ4n) is 1.27.